The molecule has 10 nitrogen and oxygen atoms in total. The number of Topliss-reactive ketones (excluding diaryl/α,β-unsaturated/α-hetero) is 1. The van der Waals surface area contributed by atoms with Gasteiger partial charge in [0.05, 0.1) is 18.5 Å². The van der Waals surface area contributed by atoms with Crippen LogP contribution in [-0.4, -0.2) is 79.0 Å². The van der Waals surface area contributed by atoms with Gasteiger partial charge in [-0.25, -0.2) is 4.79 Å². The van der Waals surface area contributed by atoms with E-state index in [0.29, 0.717) is 44.5 Å². The maximum absolute atomic E-state index is 12.3. The second kappa shape index (κ2) is 16.5. The number of aryl methyl sites for hydroxylation is 2. The predicted octanol–water partition coefficient (Wildman–Crippen LogP) is 4.26. The number of amides is 3. The standard InChI is InChI=1S/C30H44N2O8S/c1-20-16-21(2)27(30(4,5)19-22(3)33)23(17-20)40-29(37)39-15-14-38-13-11-31-25(34)10-8-7-9-12-32-26(35)18-24(41-6)28(32)36/h16-17,24H,7-15,18-19H2,1-6H3,(H,31,34). The van der Waals surface area contributed by atoms with Gasteiger partial charge in [-0.3, -0.25) is 24.1 Å². The molecule has 0 bridgehead atoms. The van der Waals surface area contributed by atoms with Gasteiger partial charge in [0, 0.05) is 43.3 Å². The Morgan fingerprint density at radius 3 is 2.46 bits per heavy atom. The molecule has 3 amide bonds. The zero-order chi connectivity index (χ0) is 30.6. The van der Waals surface area contributed by atoms with Gasteiger partial charge in [0.15, 0.2) is 0 Å². The summed E-state index contributed by atoms with van der Waals surface area (Å²) < 4.78 is 16.1. The van der Waals surface area contributed by atoms with Crippen molar-refractivity contribution in [1.82, 2.24) is 10.2 Å². The Labute approximate surface area is 247 Å². The van der Waals surface area contributed by atoms with Gasteiger partial charge in [-0.05, 0) is 57.1 Å². The van der Waals surface area contributed by atoms with E-state index in [4.69, 9.17) is 14.2 Å². The molecule has 1 atom stereocenters. The molecule has 1 fully saturated rings. The van der Waals surface area contributed by atoms with E-state index in [9.17, 15) is 24.0 Å². The number of ether oxygens (including phenoxy) is 3. The Balaban J connectivity index is 1.59. The lowest BCUT2D eigenvalue weighted by molar-refractivity contribution is -0.138. The molecule has 1 aromatic carbocycles. The number of thioether (sulfide) groups is 1. The molecule has 228 valence electrons. The number of carbonyl (C=O) groups excluding carboxylic acids is 5. The number of hydrogen-bond donors (Lipinski definition) is 1. The lowest BCUT2D eigenvalue weighted by Crippen LogP contribution is -2.32. The third-order valence-corrected chi connectivity index (χ3v) is 7.73. The SMILES string of the molecule is CSC1CC(=O)N(CCCCCC(=O)NCCOCCOC(=O)Oc2cc(C)cc(C)c2C(C)(C)CC(C)=O)C1=O. The van der Waals surface area contributed by atoms with Crippen LogP contribution in [0, 0.1) is 13.8 Å². The van der Waals surface area contributed by atoms with Gasteiger partial charge in [0.2, 0.25) is 17.7 Å². The fourth-order valence-corrected chi connectivity index (χ4v) is 5.79. The van der Waals surface area contributed by atoms with Crippen LogP contribution >= 0.6 is 11.8 Å². The minimum atomic E-state index is -0.852. The monoisotopic (exact) mass is 592 g/mol. The van der Waals surface area contributed by atoms with Crippen molar-refractivity contribution >= 4 is 41.4 Å². The summed E-state index contributed by atoms with van der Waals surface area (Å²) >= 11 is 1.40. The topological polar surface area (TPSA) is 128 Å². The first-order valence-electron chi connectivity index (χ1n) is 14.0. The normalized spacial score (nSPS) is 15.3. The highest BCUT2D eigenvalue weighted by molar-refractivity contribution is 8.00. The number of imide groups is 1. The van der Waals surface area contributed by atoms with Gasteiger partial charge in [-0.2, -0.15) is 11.8 Å². The summed E-state index contributed by atoms with van der Waals surface area (Å²) in [5.41, 5.74) is 2.14. The lowest BCUT2D eigenvalue weighted by Gasteiger charge is -2.28. The van der Waals surface area contributed by atoms with E-state index < -0.39 is 11.6 Å². The van der Waals surface area contributed by atoms with E-state index in [-0.39, 0.29) is 55.0 Å². The minimum Gasteiger partial charge on any atom is -0.432 e. The van der Waals surface area contributed by atoms with Crippen LogP contribution in [0.1, 0.15) is 76.0 Å². The fraction of sp³-hybridized carbons (Fsp3) is 0.633. The average Bonchev–Trinajstić information content (AvgIpc) is 3.14. The van der Waals surface area contributed by atoms with Crippen LogP contribution in [-0.2, 0) is 34.1 Å². The zero-order valence-corrected chi connectivity index (χ0v) is 25.9. The molecule has 1 heterocycles. The highest BCUT2D eigenvalue weighted by Gasteiger charge is 2.37. The van der Waals surface area contributed by atoms with Crippen molar-refractivity contribution in [2.75, 3.05) is 39.2 Å². The number of carbonyl (C=O) groups is 5. The molecule has 1 aliphatic heterocycles. The first kappa shape index (κ1) is 34.3. The number of nitrogens with zero attached hydrogens (tertiary/aromatic N) is 1. The minimum absolute atomic E-state index is 0.0105. The largest absolute Gasteiger partial charge is 0.513 e. The Morgan fingerprint density at radius 2 is 1.80 bits per heavy atom. The molecule has 1 aromatic rings. The fourth-order valence-electron chi connectivity index (χ4n) is 5.15. The lowest BCUT2D eigenvalue weighted by atomic mass is 9.77. The van der Waals surface area contributed by atoms with Crippen molar-refractivity contribution < 1.29 is 38.2 Å². The van der Waals surface area contributed by atoms with E-state index in [1.165, 1.54) is 16.7 Å². The summed E-state index contributed by atoms with van der Waals surface area (Å²) in [6, 6.07) is 3.76. The van der Waals surface area contributed by atoms with Crippen molar-refractivity contribution in [1.29, 1.82) is 0 Å². The molecule has 41 heavy (non-hydrogen) atoms. The zero-order valence-electron chi connectivity index (χ0n) is 25.1. The summed E-state index contributed by atoms with van der Waals surface area (Å²) in [6.45, 7) is 10.4. The number of benzene rings is 1. The van der Waals surface area contributed by atoms with Crippen molar-refractivity contribution in [2.45, 2.75) is 83.8 Å². The van der Waals surface area contributed by atoms with Crippen LogP contribution in [0.5, 0.6) is 5.75 Å². The van der Waals surface area contributed by atoms with Gasteiger partial charge in [-0.15, -0.1) is 0 Å². The van der Waals surface area contributed by atoms with Crippen LogP contribution in [0.2, 0.25) is 0 Å². The van der Waals surface area contributed by atoms with E-state index in [0.717, 1.165) is 23.1 Å². The summed E-state index contributed by atoms with van der Waals surface area (Å²) in [5.74, 6) is 0.107. The first-order valence-corrected chi connectivity index (χ1v) is 15.3. The Hall–Kier alpha value is -2.92. The van der Waals surface area contributed by atoms with Crippen molar-refractivity contribution in [3.05, 3.63) is 28.8 Å². The number of ketones is 1. The number of likely N-dealkylation sites (tertiary alicyclic amines) is 1. The molecule has 0 aromatic heterocycles. The van der Waals surface area contributed by atoms with E-state index >= 15 is 0 Å². The Bertz CT molecular complexity index is 1100. The third-order valence-electron chi connectivity index (χ3n) is 6.79. The maximum Gasteiger partial charge on any atom is 0.513 e. The quantitative estimate of drug-likeness (QED) is 0.122. The van der Waals surface area contributed by atoms with Gasteiger partial charge in [0.1, 0.15) is 18.1 Å². The number of nitrogens with one attached hydrogen (secondary N) is 1. The molecule has 1 N–H and O–H groups in total. The molecule has 0 saturated carbocycles. The van der Waals surface area contributed by atoms with Crippen molar-refractivity contribution in [3.8, 4) is 5.75 Å². The summed E-state index contributed by atoms with van der Waals surface area (Å²) in [4.78, 5) is 61.5. The predicted molar refractivity (Wildman–Crippen MR) is 157 cm³/mol. The summed E-state index contributed by atoms with van der Waals surface area (Å²) in [5, 5.41) is 2.52. The molecule has 1 unspecified atom stereocenters. The summed E-state index contributed by atoms with van der Waals surface area (Å²) in [7, 11) is 0. The smallest absolute Gasteiger partial charge is 0.432 e. The van der Waals surface area contributed by atoms with Crippen LogP contribution in [0.3, 0.4) is 0 Å². The molecule has 1 aliphatic rings. The molecule has 2 rings (SSSR count). The van der Waals surface area contributed by atoms with Crippen LogP contribution < -0.4 is 10.1 Å². The van der Waals surface area contributed by atoms with Gasteiger partial charge in [0.25, 0.3) is 0 Å². The second-order valence-corrected chi connectivity index (χ2v) is 12.0. The number of rotatable bonds is 17. The number of unbranched alkanes of at least 4 members (excludes halogenated alkanes) is 2. The van der Waals surface area contributed by atoms with Gasteiger partial charge < -0.3 is 19.5 Å². The van der Waals surface area contributed by atoms with E-state index in [2.05, 4.69) is 5.32 Å². The molecular formula is C30H44N2O8S. The molecule has 0 aliphatic carbocycles. The van der Waals surface area contributed by atoms with Gasteiger partial charge in [-0.1, -0.05) is 26.3 Å². The third kappa shape index (κ3) is 11.1. The number of hydrogen-bond acceptors (Lipinski definition) is 9. The molecule has 1 saturated heterocycles. The van der Waals surface area contributed by atoms with E-state index in [1.54, 1.807) is 13.0 Å². The maximum atomic E-state index is 12.3. The highest BCUT2D eigenvalue weighted by Crippen LogP contribution is 2.38. The summed E-state index contributed by atoms with van der Waals surface area (Å²) in [6.07, 6.45) is 4.01. The second-order valence-electron chi connectivity index (χ2n) is 11.0. The molecular weight excluding hydrogens is 548 g/mol. The van der Waals surface area contributed by atoms with Crippen LogP contribution in [0.4, 0.5) is 4.79 Å². The van der Waals surface area contributed by atoms with Crippen molar-refractivity contribution in [2.24, 2.45) is 0 Å². The van der Waals surface area contributed by atoms with Gasteiger partial charge >= 0.3 is 6.16 Å². The average molecular weight is 593 g/mol. The van der Waals surface area contributed by atoms with Crippen LogP contribution in [0.15, 0.2) is 12.1 Å². The Kier molecular flexibility index (Phi) is 13.8. The molecule has 0 radical (unpaired) electrons. The highest BCUT2D eigenvalue weighted by atomic mass is 32.2. The van der Waals surface area contributed by atoms with Crippen LogP contribution in [0.25, 0.3) is 0 Å². The molecule has 11 heteroatoms. The Morgan fingerprint density at radius 1 is 1.07 bits per heavy atom. The van der Waals surface area contributed by atoms with E-state index in [1.807, 2.05) is 40.0 Å². The van der Waals surface area contributed by atoms with Crippen molar-refractivity contribution in [3.63, 3.8) is 0 Å². The first-order chi connectivity index (χ1) is 19.4. The molecule has 0 spiro atoms.